The van der Waals surface area contributed by atoms with Gasteiger partial charge in [-0.15, -0.1) is 0 Å². The van der Waals surface area contributed by atoms with Crippen molar-refractivity contribution in [1.82, 2.24) is 19.7 Å². The van der Waals surface area contributed by atoms with Crippen LogP contribution in [0.3, 0.4) is 0 Å². The van der Waals surface area contributed by atoms with Gasteiger partial charge in [0.2, 0.25) is 5.91 Å². The van der Waals surface area contributed by atoms with Gasteiger partial charge in [0.05, 0.1) is 17.9 Å². The molecule has 0 spiro atoms. The van der Waals surface area contributed by atoms with Crippen LogP contribution in [0.4, 0.5) is 5.69 Å². The molecular formula is C17H21N5O. The van der Waals surface area contributed by atoms with Gasteiger partial charge in [-0.3, -0.25) is 19.4 Å². The molecule has 2 fully saturated rings. The maximum Gasteiger partial charge on any atom is 0.227 e. The zero-order valence-electron chi connectivity index (χ0n) is 13.1. The topological polar surface area (TPSA) is 54.3 Å². The standard InChI is InChI=1S/C17H21N5O/c23-17-4-2-7-21(17)16-10-19-22(13-16)15-5-8-20(12-15)11-14-3-1-6-18-9-14/h1,3,6,9-10,13,15H,2,4-5,7-8,11-12H2. The molecule has 0 aromatic carbocycles. The monoisotopic (exact) mass is 311 g/mol. The summed E-state index contributed by atoms with van der Waals surface area (Å²) in [5, 5.41) is 4.50. The van der Waals surface area contributed by atoms with Gasteiger partial charge in [0, 0.05) is 51.2 Å². The van der Waals surface area contributed by atoms with Crippen LogP contribution in [0.1, 0.15) is 30.9 Å². The fraction of sp³-hybridized carbons (Fsp3) is 0.471. The largest absolute Gasteiger partial charge is 0.309 e. The van der Waals surface area contributed by atoms with Crippen LogP contribution in [0.25, 0.3) is 0 Å². The van der Waals surface area contributed by atoms with Crippen molar-refractivity contribution in [2.75, 3.05) is 24.5 Å². The lowest BCUT2D eigenvalue weighted by atomic mass is 10.2. The predicted molar refractivity (Wildman–Crippen MR) is 87.0 cm³/mol. The highest BCUT2D eigenvalue weighted by atomic mass is 16.2. The quantitative estimate of drug-likeness (QED) is 0.865. The summed E-state index contributed by atoms with van der Waals surface area (Å²) in [5.74, 6) is 0.217. The number of anilines is 1. The van der Waals surface area contributed by atoms with Gasteiger partial charge >= 0.3 is 0 Å². The summed E-state index contributed by atoms with van der Waals surface area (Å²) in [6, 6.07) is 4.49. The van der Waals surface area contributed by atoms with E-state index in [-0.39, 0.29) is 5.91 Å². The summed E-state index contributed by atoms with van der Waals surface area (Å²) >= 11 is 0. The molecule has 0 aliphatic carbocycles. The van der Waals surface area contributed by atoms with Crippen molar-refractivity contribution in [3.63, 3.8) is 0 Å². The van der Waals surface area contributed by atoms with E-state index in [1.54, 1.807) is 6.20 Å². The first-order valence-corrected chi connectivity index (χ1v) is 8.25. The number of carbonyl (C=O) groups excluding carboxylic acids is 1. The maximum atomic E-state index is 11.8. The molecule has 0 N–H and O–H groups in total. The first-order chi connectivity index (χ1) is 11.3. The molecule has 1 amide bonds. The number of pyridine rings is 1. The Kier molecular flexibility index (Phi) is 3.83. The maximum absolute atomic E-state index is 11.8. The lowest BCUT2D eigenvalue weighted by Gasteiger charge is -2.16. The first kappa shape index (κ1) is 14.4. The highest BCUT2D eigenvalue weighted by molar-refractivity contribution is 5.95. The zero-order chi connectivity index (χ0) is 15.6. The summed E-state index contributed by atoms with van der Waals surface area (Å²) in [7, 11) is 0. The van der Waals surface area contributed by atoms with Crippen LogP contribution in [0, 0.1) is 0 Å². The molecule has 0 saturated carbocycles. The Morgan fingerprint density at radius 3 is 3.00 bits per heavy atom. The molecule has 2 aliphatic rings. The Balaban J connectivity index is 1.40. The smallest absolute Gasteiger partial charge is 0.227 e. The molecule has 1 atom stereocenters. The second-order valence-corrected chi connectivity index (χ2v) is 6.37. The SMILES string of the molecule is O=C1CCCN1c1cnn(C2CCN(Cc3cccnc3)C2)c1. The molecule has 6 heteroatoms. The van der Waals surface area contributed by atoms with Crippen LogP contribution in [0.15, 0.2) is 36.9 Å². The van der Waals surface area contributed by atoms with Crippen molar-refractivity contribution in [2.24, 2.45) is 0 Å². The van der Waals surface area contributed by atoms with Crippen molar-refractivity contribution in [2.45, 2.75) is 31.8 Å². The van der Waals surface area contributed by atoms with Gasteiger partial charge in [-0.2, -0.15) is 5.10 Å². The minimum absolute atomic E-state index is 0.217. The van der Waals surface area contributed by atoms with Crippen LogP contribution in [-0.4, -0.2) is 45.2 Å². The van der Waals surface area contributed by atoms with Gasteiger partial charge in [-0.05, 0) is 24.5 Å². The normalized spacial score (nSPS) is 22.2. The molecule has 0 bridgehead atoms. The fourth-order valence-electron chi connectivity index (χ4n) is 3.51. The number of hydrogen-bond acceptors (Lipinski definition) is 4. The van der Waals surface area contributed by atoms with Crippen LogP contribution in [-0.2, 0) is 11.3 Å². The van der Waals surface area contributed by atoms with Gasteiger partial charge in [0.15, 0.2) is 0 Å². The summed E-state index contributed by atoms with van der Waals surface area (Å²) in [4.78, 5) is 20.3. The molecule has 4 rings (SSSR count). The van der Waals surface area contributed by atoms with Crippen molar-refractivity contribution < 1.29 is 4.79 Å². The fourth-order valence-corrected chi connectivity index (χ4v) is 3.51. The average molecular weight is 311 g/mol. The summed E-state index contributed by atoms with van der Waals surface area (Å²) in [5.41, 5.74) is 2.19. The predicted octanol–water partition coefficient (Wildman–Crippen LogP) is 1.85. The molecule has 2 aromatic rings. The number of rotatable bonds is 4. The lowest BCUT2D eigenvalue weighted by Crippen LogP contribution is -2.23. The number of hydrogen-bond donors (Lipinski definition) is 0. The number of aromatic nitrogens is 3. The Labute approximate surface area is 135 Å². The number of nitrogens with zero attached hydrogens (tertiary/aromatic N) is 5. The third-order valence-corrected chi connectivity index (χ3v) is 4.72. The van der Waals surface area contributed by atoms with Gasteiger partial charge in [0.1, 0.15) is 0 Å². The Morgan fingerprint density at radius 1 is 1.26 bits per heavy atom. The summed E-state index contributed by atoms with van der Waals surface area (Å²) < 4.78 is 2.03. The lowest BCUT2D eigenvalue weighted by molar-refractivity contribution is -0.117. The van der Waals surface area contributed by atoms with Crippen LogP contribution in [0.2, 0.25) is 0 Å². The zero-order valence-corrected chi connectivity index (χ0v) is 13.1. The average Bonchev–Trinajstić information content (AvgIpc) is 3.28. The minimum Gasteiger partial charge on any atom is -0.309 e. The molecule has 2 saturated heterocycles. The summed E-state index contributed by atoms with van der Waals surface area (Å²) in [6.45, 7) is 3.81. The molecule has 2 aliphatic heterocycles. The Hall–Kier alpha value is -2.21. The third kappa shape index (κ3) is 2.99. The third-order valence-electron chi connectivity index (χ3n) is 4.72. The number of likely N-dealkylation sites (tertiary alicyclic amines) is 1. The van der Waals surface area contributed by atoms with Crippen LogP contribution >= 0.6 is 0 Å². The molecule has 0 radical (unpaired) electrons. The minimum atomic E-state index is 0.217. The Bertz CT molecular complexity index is 683. The molecule has 4 heterocycles. The van der Waals surface area contributed by atoms with Gasteiger partial charge in [-0.1, -0.05) is 6.07 Å². The number of amides is 1. The highest BCUT2D eigenvalue weighted by Gasteiger charge is 2.27. The van der Waals surface area contributed by atoms with Crippen LogP contribution in [0.5, 0.6) is 0 Å². The van der Waals surface area contributed by atoms with E-state index < -0.39 is 0 Å². The second-order valence-electron chi connectivity index (χ2n) is 6.37. The van der Waals surface area contributed by atoms with E-state index in [1.807, 2.05) is 34.2 Å². The number of carbonyl (C=O) groups is 1. The van der Waals surface area contributed by atoms with E-state index in [1.165, 1.54) is 5.56 Å². The van der Waals surface area contributed by atoms with Gasteiger partial charge in [-0.25, -0.2) is 0 Å². The van der Waals surface area contributed by atoms with Crippen molar-refractivity contribution in [1.29, 1.82) is 0 Å². The van der Waals surface area contributed by atoms with Crippen molar-refractivity contribution >= 4 is 11.6 Å². The summed E-state index contributed by atoms with van der Waals surface area (Å²) in [6.07, 6.45) is 10.3. The van der Waals surface area contributed by atoms with Crippen LogP contribution < -0.4 is 4.90 Å². The second kappa shape index (κ2) is 6.12. The molecule has 1 unspecified atom stereocenters. The molecule has 120 valence electrons. The van der Waals surface area contributed by atoms with E-state index in [0.717, 1.165) is 44.7 Å². The van der Waals surface area contributed by atoms with Gasteiger partial charge < -0.3 is 4.90 Å². The Morgan fingerprint density at radius 2 is 2.22 bits per heavy atom. The highest BCUT2D eigenvalue weighted by Crippen LogP contribution is 2.26. The van der Waals surface area contributed by atoms with E-state index in [9.17, 15) is 4.79 Å². The molecule has 23 heavy (non-hydrogen) atoms. The molecule has 6 nitrogen and oxygen atoms in total. The van der Waals surface area contributed by atoms with Crippen molar-refractivity contribution in [3.05, 3.63) is 42.5 Å². The van der Waals surface area contributed by atoms with Gasteiger partial charge in [0.25, 0.3) is 0 Å². The molecule has 2 aromatic heterocycles. The van der Waals surface area contributed by atoms with Crippen molar-refractivity contribution in [3.8, 4) is 0 Å². The van der Waals surface area contributed by atoms with E-state index in [2.05, 4.69) is 21.0 Å². The van der Waals surface area contributed by atoms with E-state index in [4.69, 9.17) is 0 Å². The molecular weight excluding hydrogens is 290 g/mol. The first-order valence-electron chi connectivity index (χ1n) is 8.25. The van der Waals surface area contributed by atoms with E-state index >= 15 is 0 Å². The van der Waals surface area contributed by atoms with E-state index in [0.29, 0.717) is 12.5 Å².